The highest BCUT2D eigenvalue weighted by atomic mass is 16.5. The van der Waals surface area contributed by atoms with E-state index in [-0.39, 0.29) is 11.9 Å². The molecule has 1 unspecified atom stereocenters. The van der Waals surface area contributed by atoms with Crippen molar-refractivity contribution in [2.45, 2.75) is 31.7 Å². The molecule has 1 aliphatic rings. The summed E-state index contributed by atoms with van der Waals surface area (Å²) < 4.78 is 10.1. The Morgan fingerprint density at radius 3 is 3.12 bits per heavy atom. The van der Waals surface area contributed by atoms with E-state index in [1.165, 1.54) is 7.11 Å². The number of imidazole rings is 1. The number of benzene rings is 1. The van der Waals surface area contributed by atoms with Crippen LogP contribution >= 0.6 is 0 Å². The topological polar surface area (TPSA) is 84.2 Å². The zero-order valence-electron chi connectivity index (χ0n) is 14.1. The number of H-pyrrole nitrogens is 1. The minimum absolute atomic E-state index is 0.0177. The van der Waals surface area contributed by atoms with Crippen molar-refractivity contribution in [3.8, 4) is 5.88 Å². The van der Waals surface area contributed by atoms with Crippen LogP contribution in [0.2, 0.25) is 0 Å². The van der Waals surface area contributed by atoms with Gasteiger partial charge < -0.3 is 19.1 Å². The first-order valence-corrected chi connectivity index (χ1v) is 8.48. The predicted octanol–water partition coefficient (Wildman–Crippen LogP) is 2.86. The van der Waals surface area contributed by atoms with Crippen molar-refractivity contribution < 1.29 is 14.1 Å². The zero-order chi connectivity index (χ0) is 17.2. The minimum Gasteiger partial charge on any atom is -0.479 e. The number of aromatic amines is 1. The lowest BCUT2D eigenvalue weighted by Gasteiger charge is -2.23. The second-order valence-corrected chi connectivity index (χ2v) is 6.22. The molecule has 2 aromatic heterocycles. The lowest BCUT2D eigenvalue weighted by atomic mass is 10.2. The number of carbonyl (C=O) groups excluding carboxylic acids is 1. The molecule has 1 saturated heterocycles. The summed E-state index contributed by atoms with van der Waals surface area (Å²) in [4.78, 5) is 22.6. The molecule has 25 heavy (non-hydrogen) atoms. The summed E-state index contributed by atoms with van der Waals surface area (Å²) >= 11 is 0. The fraction of sp³-hybridized carbons (Fsp3) is 0.389. The van der Waals surface area contributed by atoms with Gasteiger partial charge in [0.05, 0.1) is 24.2 Å². The average Bonchev–Trinajstić information content (AvgIpc) is 3.37. The van der Waals surface area contributed by atoms with E-state index in [0.29, 0.717) is 24.5 Å². The number of ether oxygens (including phenoxy) is 1. The first kappa shape index (κ1) is 15.7. The molecule has 0 spiro atoms. The number of rotatable bonds is 5. The van der Waals surface area contributed by atoms with Crippen molar-refractivity contribution in [3.05, 3.63) is 41.9 Å². The Kier molecular flexibility index (Phi) is 4.13. The van der Waals surface area contributed by atoms with Crippen LogP contribution in [0.1, 0.15) is 36.9 Å². The number of fused-ring (bicyclic) bond motifs is 1. The molecule has 7 nitrogen and oxygen atoms in total. The number of nitrogens with zero attached hydrogens (tertiary/aromatic N) is 3. The highest BCUT2D eigenvalue weighted by Gasteiger charge is 2.31. The predicted molar refractivity (Wildman–Crippen MR) is 91.2 cm³/mol. The number of aryl methyl sites for hydroxylation is 1. The van der Waals surface area contributed by atoms with E-state index < -0.39 is 0 Å². The Labute approximate surface area is 145 Å². The lowest BCUT2D eigenvalue weighted by Crippen LogP contribution is -2.31. The van der Waals surface area contributed by atoms with E-state index in [1.54, 1.807) is 6.07 Å². The van der Waals surface area contributed by atoms with Crippen molar-refractivity contribution >= 4 is 16.9 Å². The summed E-state index contributed by atoms with van der Waals surface area (Å²) in [5, 5.41) is 3.76. The quantitative estimate of drug-likeness (QED) is 0.772. The van der Waals surface area contributed by atoms with Crippen LogP contribution in [0, 0.1) is 0 Å². The van der Waals surface area contributed by atoms with Gasteiger partial charge in [-0.2, -0.15) is 0 Å². The number of carbonyl (C=O) groups is 1. The van der Waals surface area contributed by atoms with Crippen LogP contribution in [0.5, 0.6) is 5.88 Å². The molecule has 0 aliphatic carbocycles. The number of aromatic nitrogens is 3. The number of nitrogens with one attached hydrogen (secondary N) is 1. The van der Waals surface area contributed by atoms with Crippen LogP contribution < -0.4 is 4.74 Å². The summed E-state index contributed by atoms with van der Waals surface area (Å²) in [5.74, 6) is 2.07. The molecule has 1 fully saturated rings. The molecule has 0 bridgehead atoms. The molecule has 130 valence electrons. The Balaban J connectivity index is 1.45. The first-order valence-electron chi connectivity index (χ1n) is 8.48. The summed E-state index contributed by atoms with van der Waals surface area (Å²) in [6, 6.07) is 9.67. The Morgan fingerprint density at radius 1 is 1.44 bits per heavy atom. The van der Waals surface area contributed by atoms with Gasteiger partial charge in [-0.3, -0.25) is 4.79 Å². The third kappa shape index (κ3) is 3.09. The highest BCUT2D eigenvalue weighted by Crippen LogP contribution is 2.32. The molecular weight excluding hydrogens is 320 g/mol. The van der Waals surface area contributed by atoms with Crippen LogP contribution in [0.25, 0.3) is 11.0 Å². The maximum atomic E-state index is 12.7. The Bertz CT molecular complexity index is 852. The highest BCUT2D eigenvalue weighted by molar-refractivity contribution is 5.78. The lowest BCUT2D eigenvalue weighted by molar-refractivity contribution is -0.132. The van der Waals surface area contributed by atoms with Crippen molar-refractivity contribution in [2.75, 3.05) is 13.7 Å². The van der Waals surface area contributed by atoms with Gasteiger partial charge in [0.25, 0.3) is 5.88 Å². The summed E-state index contributed by atoms with van der Waals surface area (Å²) in [7, 11) is 1.54. The van der Waals surface area contributed by atoms with Gasteiger partial charge in [-0.1, -0.05) is 12.1 Å². The van der Waals surface area contributed by atoms with Gasteiger partial charge in [0, 0.05) is 25.5 Å². The van der Waals surface area contributed by atoms with Crippen molar-refractivity contribution in [2.24, 2.45) is 0 Å². The third-order valence-corrected chi connectivity index (χ3v) is 4.63. The van der Waals surface area contributed by atoms with Gasteiger partial charge >= 0.3 is 0 Å². The summed E-state index contributed by atoms with van der Waals surface area (Å²) in [5.41, 5.74) is 1.94. The SMILES string of the molecule is COc1cc(CCC(=O)N2CCCC2c2nc3ccccc3[nH]2)on1. The van der Waals surface area contributed by atoms with E-state index in [0.717, 1.165) is 36.2 Å². The molecule has 1 atom stereocenters. The molecule has 1 aliphatic heterocycles. The van der Waals surface area contributed by atoms with E-state index in [1.807, 2.05) is 29.2 Å². The van der Waals surface area contributed by atoms with Gasteiger partial charge in [0.1, 0.15) is 11.6 Å². The molecule has 1 aromatic carbocycles. The minimum atomic E-state index is 0.0177. The molecule has 3 aromatic rings. The monoisotopic (exact) mass is 340 g/mol. The fourth-order valence-corrected chi connectivity index (χ4v) is 3.36. The number of hydrogen-bond donors (Lipinski definition) is 1. The van der Waals surface area contributed by atoms with Crippen molar-refractivity contribution in [1.29, 1.82) is 0 Å². The van der Waals surface area contributed by atoms with Gasteiger partial charge in [-0.05, 0) is 30.1 Å². The van der Waals surface area contributed by atoms with Crippen LogP contribution in [-0.2, 0) is 11.2 Å². The van der Waals surface area contributed by atoms with Crippen LogP contribution in [-0.4, -0.2) is 39.6 Å². The second kappa shape index (κ2) is 6.58. The first-order chi connectivity index (χ1) is 12.2. The molecule has 0 saturated carbocycles. The molecule has 0 radical (unpaired) electrons. The standard InChI is InChI=1S/C18H20N4O3/c1-24-16-11-12(25-21-16)8-9-17(23)22-10-4-7-15(22)18-19-13-5-2-3-6-14(13)20-18/h2-3,5-6,11,15H,4,7-10H2,1H3,(H,19,20). The number of likely N-dealkylation sites (tertiary alicyclic amines) is 1. The molecule has 1 N–H and O–H groups in total. The number of amides is 1. The average molecular weight is 340 g/mol. The van der Waals surface area contributed by atoms with E-state index in [4.69, 9.17) is 9.26 Å². The van der Waals surface area contributed by atoms with E-state index >= 15 is 0 Å². The molecular formula is C18H20N4O3. The molecule has 3 heterocycles. The van der Waals surface area contributed by atoms with Crippen LogP contribution in [0.15, 0.2) is 34.9 Å². The van der Waals surface area contributed by atoms with E-state index in [2.05, 4.69) is 15.1 Å². The summed E-state index contributed by atoms with van der Waals surface area (Å²) in [6.45, 7) is 0.764. The molecule has 7 heteroatoms. The normalized spacial score (nSPS) is 17.3. The second-order valence-electron chi connectivity index (χ2n) is 6.22. The van der Waals surface area contributed by atoms with Crippen molar-refractivity contribution in [1.82, 2.24) is 20.0 Å². The van der Waals surface area contributed by atoms with Gasteiger partial charge in [0.2, 0.25) is 5.91 Å². The van der Waals surface area contributed by atoms with Crippen LogP contribution in [0.3, 0.4) is 0 Å². The smallest absolute Gasteiger partial charge is 0.254 e. The number of hydrogen-bond acceptors (Lipinski definition) is 5. The van der Waals surface area contributed by atoms with E-state index in [9.17, 15) is 4.79 Å². The maximum absolute atomic E-state index is 12.7. The third-order valence-electron chi connectivity index (χ3n) is 4.63. The summed E-state index contributed by atoms with van der Waals surface area (Å²) in [6.07, 6.45) is 2.82. The number of para-hydroxylation sites is 2. The fourth-order valence-electron chi connectivity index (χ4n) is 3.36. The van der Waals surface area contributed by atoms with Gasteiger partial charge in [-0.25, -0.2) is 4.98 Å². The largest absolute Gasteiger partial charge is 0.479 e. The number of methoxy groups -OCH3 is 1. The molecule has 1 amide bonds. The Morgan fingerprint density at radius 2 is 2.32 bits per heavy atom. The van der Waals surface area contributed by atoms with Crippen LogP contribution in [0.4, 0.5) is 0 Å². The van der Waals surface area contributed by atoms with Crippen molar-refractivity contribution in [3.63, 3.8) is 0 Å². The van der Waals surface area contributed by atoms with Gasteiger partial charge in [-0.15, -0.1) is 0 Å². The maximum Gasteiger partial charge on any atom is 0.254 e. The molecule has 4 rings (SSSR count). The van der Waals surface area contributed by atoms with Gasteiger partial charge in [0.15, 0.2) is 0 Å². The zero-order valence-corrected chi connectivity index (χ0v) is 14.1. The Hall–Kier alpha value is -2.83.